The Labute approximate surface area is 210 Å². The second kappa shape index (κ2) is 11.6. The maximum atomic E-state index is 12.7. The number of hydrogen-bond donors (Lipinski definition) is 1. The number of nitrogens with zero attached hydrogens (tertiary/aromatic N) is 2. The zero-order valence-corrected chi connectivity index (χ0v) is 21.8. The minimum absolute atomic E-state index is 0.108. The van der Waals surface area contributed by atoms with Crippen molar-refractivity contribution in [1.29, 1.82) is 0 Å². The normalized spacial score (nSPS) is 14.9. The van der Waals surface area contributed by atoms with Gasteiger partial charge >= 0.3 is 0 Å². The number of halogens is 1. The maximum absolute atomic E-state index is 12.7. The maximum Gasteiger partial charge on any atom is 0.243 e. The van der Waals surface area contributed by atoms with Crippen molar-refractivity contribution < 1.29 is 31.1 Å². The quantitative estimate of drug-likeness (QED) is 0.450. The first kappa shape index (κ1) is 27.2. The molecule has 0 aliphatic carbocycles. The van der Waals surface area contributed by atoms with Gasteiger partial charge in [0, 0.05) is 18.1 Å². The molecule has 1 saturated heterocycles. The molecule has 0 unspecified atom stereocenters. The third-order valence-electron chi connectivity index (χ3n) is 5.32. The summed E-state index contributed by atoms with van der Waals surface area (Å²) in [4.78, 5) is 12.6. The molecule has 35 heavy (non-hydrogen) atoms. The molecule has 1 heterocycles. The van der Waals surface area contributed by atoms with E-state index in [9.17, 15) is 21.6 Å². The Morgan fingerprint density at radius 2 is 1.77 bits per heavy atom. The van der Waals surface area contributed by atoms with Gasteiger partial charge in [0.05, 0.1) is 36.6 Å². The van der Waals surface area contributed by atoms with Crippen molar-refractivity contribution in [3.05, 3.63) is 53.1 Å². The Morgan fingerprint density at radius 1 is 1.11 bits per heavy atom. The second-order valence-corrected chi connectivity index (χ2v) is 12.1. The molecular formula is C22H28ClN3O7S2. The van der Waals surface area contributed by atoms with Crippen LogP contribution in [0.3, 0.4) is 0 Å². The molecule has 1 aliphatic rings. The number of morpholine rings is 1. The number of nitrogens with one attached hydrogen (secondary N) is 1. The predicted octanol–water partition coefficient (Wildman–Crippen LogP) is 1.63. The van der Waals surface area contributed by atoms with Crippen LogP contribution in [0, 0.1) is 6.92 Å². The van der Waals surface area contributed by atoms with Crippen LogP contribution in [0.2, 0.25) is 5.02 Å². The summed E-state index contributed by atoms with van der Waals surface area (Å²) in [7, 11) is -7.32. The molecule has 192 valence electrons. The van der Waals surface area contributed by atoms with E-state index >= 15 is 0 Å². The van der Waals surface area contributed by atoms with Gasteiger partial charge in [-0.05, 0) is 48.9 Å². The third-order valence-corrected chi connectivity index (χ3v) is 8.77. The molecule has 0 bridgehead atoms. The Kier molecular flexibility index (Phi) is 9.00. The van der Waals surface area contributed by atoms with Gasteiger partial charge in [-0.1, -0.05) is 17.7 Å². The Balaban J connectivity index is 1.52. The van der Waals surface area contributed by atoms with Crippen molar-refractivity contribution in [2.24, 2.45) is 0 Å². The monoisotopic (exact) mass is 545 g/mol. The van der Waals surface area contributed by atoms with Crippen LogP contribution in [0.4, 0.5) is 5.69 Å². The summed E-state index contributed by atoms with van der Waals surface area (Å²) in [6.07, 6.45) is 1.02. The average molecular weight is 546 g/mol. The molecule has 0 spiro atoms. The van der Waals surface area contributed by atoms with E-state index < -0.39 is 32.5 Å². The van der Waals surface area contributed by atoms with Gasteiger partial charge in [-0.2, -0.15) is 4.31 Å². The molecule has 2 aromatic carbocycles. The van der Waals surface area contributed by atoms with Crippen molar-refractivity contribution in [3.8, 4) is 5.75 Å². The van der Waals surface area contributed by atoms with Crippen molar-refractivity contribution in [3.63, 3.8) is 0 Å². The number of anilines is 1. The molecule has 1 fully saturated rings. The standard InChI is InChI=1S/C22H28ClN3O7S2/c1-17-20(23)4-3-5-21(17)26(34(2,28)29)16-22(27)24-10-13-33-18-6-8-19(9-7-18)35(30,31)25-11-14-32-15-12-25/h3-9H,10-16H2,1-2H3,(H,24,27). The highest BCUT2D eigenvalue weighted by Gasteiger charge is 2.26. The van der Waals surface area contributed by atoms with Crippen LogP contribution < -0.4 is 14.4 Å². The molecule has 2 aromatic rings. The minimum atomic E-state index is -3.73. The van der Waals surface area contributed by atoms with Crippen molar-refractivity contribution in [2.75, 3.05) is 56.6 Å². The van der Waals surface area contributed by atoms with E-state index in [2.05, 4.69) is 5.32 Å². The minimum Gasteiger partial charge on any atom is -0.492 e. The van der Waals surface area contributed by atoms with E-state index in [1.807, 2.05) is 0 Å². The van der Waals surface area contributed by atoms with Gasteiger partial charge in [0.1, 0.15) is 18.9 Å². The number of ether oxygens (including phenoxy) is 2. The van der Waals surface area contributed by atoms with Gasteiger partial charge in [-0.3, -0.25) is 9.10 Å². The summed E-state index contributed by atoms with van der Waals surface area (Å²) < 4.78 is 63.0. The lowest BCUT2D eigenvalue weighted by molar-refractivity contribution is -0.119. The first-order valence-corrected chi connectivity index (χ1v) is 14.5. The number of carbonyl (C=O) groups excluding carboxylic acids is 1. The molecule has 0 radical (unpaired) electrons. The summed E-state index contributed by atoms with van der Waals surface area (Å²) in [5.41, 5.74) is 0.883. The van der Waals surface area contributed by atoms with Crippen LogP contribution in [-0.4, -0.2) is 79.3 Å². The van der Waals surface area contributed by atoms with Gasteiger partial charge in [0.15, 0.2) is 0 Å². The molecule has 0 saturated carbocycles. The van der Waals surface area contributed by atoms with E-state index in [0.717, 1.165) is 10.6 Å². The highest BCUT2D eigenvalue weighted by atomic mass is 35.5. The number of hydrogen-bond acceptors (Lipinski definition) is 7. The van der Waals surface area contributed by atoms with Gasteiger partial charge in [-0.25, -0.2) is 16.8 Å². The third kappa shape index (κ3) is 7.07. The molecule has 0 atom stereocenters. The van der Waals surface area contributed by atoms with E-state index in [-0.39, 0.29) is 18.0 Å². The molecule has 10 nitrogen and oxygen atoms in total. The Hall–Kier alpha value is -2.38. The SMILES string of the molecule is Cc1c(Cl)cccc1N(CC(=O)NCCOc1ccc(S(=O)(=O)N2CCOCC2)cc1)S(C)(=O)=O. The number of rotatable bonds is 10. The number of amides is 1. The number of carbonyl (C=O) groups is 1. The first-order chi connectivity index (χ1) is 16.5. The van der Waals surface area contributed by atoms with Gasteiger partial charge in [0.25, 0.3) is 0 Å². The van der Waals surface area contributed by atoms with E-state index in [1.54, 1.807) is 37.3 Å². The largest absolute Gasteiger partial charge is 0.492 e. The highest BCUT2D eigenvalue weighted by Crippen LogP contribution is 2.28. The van der Waals surface area contributed by atoms with Crippen LogP contribution in [0.1, 0.15) is 5.56 Å². The fraction of sp³-hybridized carbons (Fsp3) is 0.409. The summed E-state index contributed by atoms with van der Waals surface area (Å²) in [5.74, 6) is -0.0714. The smallest absolute Gasteiger partial charge is 0.243 e. The molecule has 13 heteroatoms. The topological polar surface area (TPSA) is 122 Å². The van der Waals surface area contributed by atoms with Crippen molar-refractivity contribution in [2.45, 2.75) is 11.8 Å². The average Bonchev–Trinajstić information content (AvgIpc) is 2.82. The molecule has 3 rings (SSSR count). The summed E-state index contributed by atoms with van der Waals surface area (Å²) >= 11 is 6.10. The van der Waals surface area contributed by atoms with Gasteiger partial charge < -0.3 is 14.8 Å². The van der Waals surface area contributed by atoms with E-state index in [4.69, 9.17) is 21.1 Å². The predicted molar refractivity (Wildman–Crippen MR) is 133 cm³/mol. The Bertz CT molecular complexity index is 1250. The van der Waals surface area contributed by atoms with Crippen LogP contribution in [0.5, 0.6) is 5.75 Å². The van der Waals surface area contributed by atoms with Crippen LogP contribution in [-0.2, 0) is 29.6 Å². The van der Waals surface area contributed by atoms with Crippen LogP contribution in [0.15, 0.2) is 47.4 Å². The fourth-order valence-corrected chi connectivity index (χ4v) is 5.92. The number of benzene rings is 2. The Morgan fingerprint density at radius 3 is 2.40 bits per heavy atom. The van der Waals surface area contributed by atoms with Crippen LogP contribution >= 0.6 is 11.6 Å². The van der Waals surface area contributed by atoms with Gasteiger partial charge in [0.2, 0.25) is 26.0 Å². The lowest BCUT2D eigenvalue weighted by Gasteiger charge is -2.26. The number of sulfonamides is 2. The summed E-state index contributed by atoms with van der Waals surface area (Å²) in [6, 6.07) is 10.9. The van der Waals surface area contributed by atoms with Crippen molar-refractivity contribution in [1.82, 2.24) is 9.62 Å². The zero-order chi connectivity index (χ0) is 25.6. The van der Waals surface area contributed by atoms with Crippen molar-refractivity contribution >= 4 is 43.2 Å². The molecular weight excluding hydrogens is 518 g/mol. The molecule has 1 N–H and O–H groups in total. The second-order valence-electron chi connectivity index (χ2n) is 7.84. The summed E-state index contributed by atoms with van der Waals surface area (Å²) in [6.45, 7) is 2.86. The molecule has 1 aliphatic heterocycles. The van der Waals surface area contributed by atoms with E-state index in [1.165, 1.54) is 16.4 Å². The zero-order valence-electron chi connectivity index (χ0n) is 19.4. The highest BCUT2D eigenvalue weighted by molar-refractivity contribution is 7.92. The first-order valence-electron chi connectivity index (χ1n) is 10.8. The van der Waals surface area contributed by atoms with Crippen LogP contribution in [0.25, 0.3) is 0 Å². The fourth-order valence-electron chi connectivity index (χ4n) is 3.44. The lowest BCUT2D eigenvalue weighted by Crippen LogP contribution is -2.41. The molecule has 0 aromatic heterocycles. The van der Waals surface area contributed by atoms with E-state index in [0.29, 0.717) is 48.3 Å². The molecule has 1 amide bonds. The van der Waals surface area contributed by atoms with Gasteiger partial charge in [-0.15, -0.1) is 0 Å². The summed E-state index contributed by atoms with van der Waals surface area (Å²) in [5, 5.41) is 3.02. The lowest BCUT2D eigenvalue weighted by atomic mass is 10.2.